The van der Waals surface area contributed by atoms with Gasteiger partial charge in [-0.05, 0) is 43.4 Å². The molecule has 4 unspecified atom stereocenters. The quantitative estimate of drug-likeness (QED) is 0.0222. The van der Waals surface area contributed by atoms with E-state index in [1.54, 1.807) is 0 Å². The molecular weight excluding hydrogens is 1340 g/mol. The van der Waals surface area contributed by atoms with Crippen LogP contribution in [0.3, 0.4) is 0 Å². The molecule has 0 aliphatic heterocycles. The molecule has 0 spiro atoms. The first-order chi connectivity index (χ1) is 49.8. The topological polar surface area (TPSA) is 237 Å². The highest BCUT2D eigenvalue weighted by Crippen LogP contribution is 2.45. The third-order valence-corrected chi connectivity index (χ3v) is 22.3. The van der Waals surface area contributed by atoms with E-state index in [1.807, 2.05) is 0 Å². The standard InChI is InChI=1S/C84H164O17P2/c1-8-11-12-13-14-15-16-17-28-34-39-44-53-60-67-84(89)101-80(72-95-82(87)66-59-52-47-46-50-57-64-77(7)10-3)74-99-103(92,93)97-70-78(85)69-96-102(90,91)98-73-79(71-94-81(86)65-58-51-43-38-33-29-25-24-27-32-37-42-49-56-63-76(6)9-2)100-83(88)68-61-54-45-40-35-30-23-21-19-18-20-22-26-31-36-41-48-55-62-75(4)5/h75-80,85H,8-74H2,1-7H3,(H,90,91)(H,92,93)/t76?,77?,78-,79-,80-/m1/s1. The fraction of sp³-hybridized carbons (Fsp3) is 0.952. The van der Waals surface area contributed by atoms with Crippen LogP contribution in [0.4, 0.5) is 0 Å². The van der Waals surface area contributed by atoms with E-state index in [-0.39, 0.29) is 25.7 Å². The lowest BCUT2D eigenvalue weighted by Gasteiger charge is -2.21. The maximum Gasteiger partial charge on any atom is 0.472 e. The van der Waals surface area contributed by atoms with Gasteiger partial charge < -0.3 is 33.8 Å². The number of hydrogen-bond acceptors (Lipinski definition) is 15. The fourth-order valence-corrected chi connectivity index (χ4v) is 14.5. The number of esters is 4. The Labute approximate surface area is 632 Å². The summed E-state index contributed by atoms with van der Waals surface area (Å²) >= 11 is 0. The van der Waals surface area contributed by atoms with Crippen LogP contribution >= 0.6 is 15.6 Å². The van der Waals surface area contributed by atoms with Crippen molar-refractivity contribution < 1.29 is 80.2 Å². The minimum absolute atomic E-state index is 0.107. The molecule has 17 nitrogen and oxygen atoms in total. The van der Waals surface area contributed by atoms with Gasteiger partial charge in [-0.15, -0.1) is 0 Å². The van der Waals surface area contributed by atoms with Crippen LogP contribution in [0.15, 0.2) is 0 Å². The molecule has 0 bridgehead atoms. The Hall–Kier alpha value is -1.94. The Morgan fingerprint density at radius 3 is 0.738 bits per heavy atom. The Bertz CT molecular complexity index is 2000. The first-order valence-corrected chi connectivity index (χ1v) is 46.4. The molecule has 0 aliphatic carbocycles. The molecule has 0 saturated heterocycles. The predicted octanol–water partition coefficient (Wildman–Crippen LogP) is 25.3. The Morgan fingerprint density at radius 2 is 0.495 bits per heavy atom. The van der Waals surface area contributed by atoms with Gasteiger partial charge in [0.25, 0.3) is 0 Å². The average molecular weight is 1510 g/mol. The number of aliphatic hydroxyl groups is 1. The normalized spacial score (nSPS) is 14.4. The van der Waals surface area contributed by atoms with Crippen molar-refractivity contribution in [2.45, 2.75) is 458 Å². The molecule has 0 aromatic rings. The van der Waals surface area contributed by atoms with Crippen molar-refractivity contribution in [3.8, 4) is 0 Å². The summed E-state index contributed by atoms with van der Waals surface area (Å²) in [6, 6.07) is 0. The second kappa shape index (κ2) is 74.2. The van der Waals surface area contributed by atoms with Gasteiger partial charge in [-0.2, -0.15) is 0 Å². The van der Waals surface area contributed by atoms with Crippen molar-refractivity contribution in [1.82, 2.24) is 0 Å². The molecule has 7 atom stereocenters. The van der Waals surface area contributed by atoms with Gasteiger partial charge in [0.05, 0.1) is 26.4 Å². The van der Waals surface area contributed by atoms with Crippen LogP contribution in [-0.2, 0) is 65.4 Å². The lowest BCUT2D eigenvalue weighted by atomic mass is 9.99. The molecule has 103 heavy (non-hydrogen) atoms. The number of carbonyl (C=O) groups is 4. The van der Waals surface area contributed by atoms with Crippen molar-refractivity contribution >= 4 is 39.5 Å². The van der Waals surface area contributed by atoms with Gasteiger partial charge in [-0.25, -0.2) is 9.13 Å². The monoisotopic (exact) mass is 1510 g/mol. The molecule has 612 valence electrons. The van der Waals surface area contributed by atoms with E-state index >= 15 is 0 Å². The van der Waals surface area contributed by atoms with Gasteiger partial charge in [0.1, 0.15) is 19.3 Å². The molecule has 0 radical (unpaired) electrons. The van der Waals surface area contributed by atoms with E-state index in [9.17, 15) is 43.2 Å². The van der Waals surface area contributed by atoms with E-state index < -0.39 is 97.5 Å². The van der Waals surface area contributed by atoms with Crippen LogP contribution in [0.2, 0.25) is 0 Å². The minimum Gasteiger partial charge on any atom is -0.462 e. The van der Waals surface area contributed by atoms with Crippen molar-refractivity contribution in [3.63, 3.8) is 0 Å². The summed E-state index contributed by atoms with van der Waals surface area (Å²) in [5.74, 6) is 0.294. The smallest absolute Gasteiger partial charge is 0.462 e. The molecule has 0 fully saturated rings. The lowest BCUT2D eigenvalue weighted by molar-refractivity contribution is -0.161. The maximum absolute atomic E-state index is 13.1. The molecule has 19 heteroatoms. The van der Waals surface area contributed by atoms with Gasteiger partial charge in [-0.3, -0.25) is 37.3 Å². The second-order valence-corrected chi connectivity index (χ2v) is 34.1. The van der Waals surface area contributed by atoms with Crippen molar-refractivity contribution in [2.75, 3.05) is 39.6 Å². The molecule has 0 saturated carbocycles. The molecule has 0 aromatic carbocycles. The lowest BCUT2D eigenvalue weighted by Crippen LogP contribution is -2.30. The number of hydrogen-bond donors (Lipinski definition) is 3. The number of unbranched alkanes of at least 4 members (excludes halogenated alkanes) is 48. The Balaban J connectivity index is 5.23. The molecule has 0 heterocycles. The number of carbonyl (C=O) groups excluding carboxylic acids is 4. The SMILES string of the molecule is CCCCCCCCCCCCCCCCC(=O)O[C@H](COC(=O)CCCCCCCCC(C)CC)COP(=O)(O)OC[C@H](O)COP(=O)(O)OC[C@@H](COC(=O)CCCCCCCCCCCCCCCCC(C)CC)OC(=O)CCCCCCCCCCCCCCCCCCCCC(C)C. The van der Waals surface area contributed by atoms with Crippen LogP contribution in [0.25, 0.3) is 0 Å². The van der Waals surface area contributed by atoms with Crippen molar-refractivity contribution in [2.24, 2.45) is 17.8 Å². The zero-order valence-corrected chi connectivity index (χ0v) is 69.6. The van der Waals surface area contributed by atoms with Crippen LogP contribution in [0.5, 0.6) is 0 Å². The van der Waals surface area contributed by atoms with Gasteiger partial charge in [0.2, 0.25) is 0 Å². The van der Waals surface area contributed by atoms with Gasteiger partial charge in [-0.1, -0.05) is 389 Å². The van der Waals surface area contributed by atoms with Crippen molar-refractivity contribution in [3.05, 3.63) is 0 Å². The second-order valence-electron chi connectivity index (χ2n) is 31.2. The van der Waals surface area contributed by atoms with Crippen LogP contribution in [-0.4, -0.2) is 96.7 Å². The van der Waals surface area contributed by atoms with Crippen molar-refractivity contribution in [1.29, 1.82) is 0 Å². The third-order valence-electron chi connectivity index (χ3n) is 20.4. The first kappa shape index (κ1) is 101. The first-order valence-electron chi connectivity index (χ1n) is 43.4. The van der Waals surface area contributed by atoms with Gasteiger partial charge in [0.15, 0.2) is 12.2 Å². The number of phosphoric ester groups is 2. The van der Waals surface area contributed by atoms with E-state index in [0.29, 0.717) is 25.7 Å². The number of phosphoric acid groups is 2. The largest absolute Gasteiger partial charge is 0.472 e. The molecule has 0 aliphatic rings. The van der Waals surface area contributed by atoms with Crippen LogP contribution < -0.4 is 0 Å². The number of ether oxygens (including phenoxy) is 4. The van der Waals surface area contributed by atoms with E-state index in [2.05, 4.69) is 48.5 Å². The summed E-state index contributed by atoms with van der Waals surface area (Å²) in [7, 11) is -9.92. The summed E-state index contributed by atoms with van der Waals surface area (Å²) < 4.78 is 68.8. The van der Waals surface area contributed by atoms with Gasteiger partial charge in [0, 0.05) is 25.7 Å². The van der Waals surface area contributed by atoms with Crippen LogP contribution in [0, 0.1) is 17.8 Å². The highest BCUT2D eigenvalue weighted by atomic mass is 31.2. The summed E-state index contributed by atoms with van der Waals surface area (Å²) in [5.41, 5.74) is 0. The zero-order chi connectivity index (χ0) is 75.8. The molecule has 3 N–H and O–H groups in total. The highest BCUT2D eigenvalue weighted by Gasteiger charge is 2.30. The van der Waals surface area contributed by atoms with Gasteiger partial charge >= 0.3 is 39.5 Å². The molecule has 0 rings (SSSR count). The number of rotatable bonds is 82. The molecular formula is C84H164O17P2. The maximum atomic E-state index is 13.1. The highest BCUT2D eigenvalue weighted by molar-refractivity contribution is 7.47. The summed E-state index contributed by atoms with van der Waals surface area (Å²) in [6.07, 6.45) is 63.8. The number of aliphatic hydroxyl groups excluding tert-OH is 1. The van der Waals surface area contributed by atoms with E-state index in [4.69, 9.17) is 37.0 Å². The summed E-state index contributed by atoms with van der Waals surface area (Å²) in [4.78, 5) is 73.1. The van der Waals surface area contributed by atoms with E-state index in [1.165, 1.54) is 244 Å². The minimum atomic E-state index is -4.97. The Kier molecular flexibility index (Phi) is 72.8. The molecule has 0 amide bonds. The Morgan fingerprint density at radius 1 is 0.282 bits per heavy atom. The summed E-state index contributed by atoms with van der Waals surface area (Å²) in [6.45, 7) is 12.0. The fourth-order valence-electron chi connectivity index (χ4n) is 13.0. The summed E-state index contributed by atoms with van der Waals surface area (Å²) in [5, 5.41) is 10.7. The van der Waals surface area contributed by atoms with E-state index in [0.717, 1.165) is 114 Å². The average Bonchev–Trinajstić information content (AvgIpc) is 0.974. The predicted molar refractivity (Wildman–Crippen MR) is 423 cm³/mol. The third kappa shape index (κ3) is 75.3. The molecule has 0 aromatic heterocycles. The zero-order valence-electron chi connectivity index (χ0n) is 67.8. The van der Waals surface area contributed by atoms with Crippen LogP contribution in [0.1, 0.15) is 440 Å².